The highest BCUT2D eigenvalue weighted by Gasteiger charge is 2.22. The summed E-state index contributed by atoms with van der Waals surface area (Å²) in [6.45, 7) is 1.74. The first-order valence-corrected chi connectivity index (χ1v) is 5.95. The van der Waals surface area contributed by atoms with Crippen molar-refractivity contribution in [1.82, 2.24) is 4.90 Å². The fourth-order valence-corrected chi connectivity index (χ4v) is 1.87. The maximum atomic E-state index is 13.6. The van der Waals surface area contributed by atoms with Gasteiger partial charge in [0, 0.05) is 18.1 Å². The molecule has 0 aromatic heterocycles. The van der Waals surface area contributed by atoms with Crippen molar-refractivity contribution in [3.63, 3.8) is 0 Å². The Morgan fingerprint density at radius 2 is 2.00 bits per heavy atom. The molecule has 1 amide bonds. The molecule has 0 fully saturated rings. The second-order valence-corrected chi connectivity index (χ2v) is 4.88. The van der Waals surface area contributed by atoms with Crippen LogP contribution in [0.2, 0.25) is 0 Å². The highest BCUT2D eigenvalue weighted by Crippen LogP contribution is 2.20. The second kappa shape index (κ2) is 5.91. The molecule has 1 unspecified atom stereocenters. The minimum Gasteiger partial charge on any atom is -0.340 e. The number of rotatable bonds is 3. The van der Waals surface area contributed by atoms with Crippen molar-refractivity contribution in [3.05, 3.63) is 33.8 Å². The lowest BCUT2D eigenvalue weighted by Gasteiger charge is -2.19. The Hall–Kier alpha value is -1.48. The smallest absolute Gasteiger partial charge is 0.259 e. The van der Waals surface area contributed by atoms with E-state index in [1.54, 1.807) is 6.92 Å². The first-order chi connectivity index (χ1) is 8.36. The van der Waals surface area contributed by atoms with Gasteiger partial charge in [0.1, 0.15) is 17.2 Å². The molecule has 0 aliphatic rings. The van der Waals surface area contributed by atoms with Gasteiger partial charge in [-0.05, 0) is 19.1 Å². The van der Waals surface area contributed by atoms with Crippen molar-refractivity contribution in [2.45, 2.75) is 6.92 Å². The molecule has 3 nitrogen and oxygen atoms in total. The van der Waals surface area contributed by atoms with E-state index in [4.69, 9.17) is 5.26 Å². The topological polar surface area (TPSA) is 44.1 Å². The highest BCUT2D eigenvalue weighted by atomic mass is 79.9. The van der Waals surface area contributed by atoms with Crippen LogP contribution in [0.15, 0.2) is 16.6 Å². The van der Waals surface area contributed by atoms with Crippen LogP contribution >= 0.6 is 15.9 Å². The molecule has 6 heteroatoms. The van der Waals surface area contributed by atoms with Gasteiger partial charge >= 0.3 is 0 Å². The largest absolute Gasteiger partial charge is 0.340 e. The Kier molecular flexibility index (Phi) is 4.79. The number of benzene rings is 1. The van der Waals surface area contributed by atoms with Crippen molar-refractivity contribution >= 4 is 21.8 Å². The zero-order chi connectivity index (χ0) is 13.9. The summed E-state index contributed by atoms with van der Waals surface area (Å²) >= 11 is 2.94. The van der Waals surface area contributed by atoms with E-state index in [0.29, 0.717) is 0 Å². The molecular formula is C12H11BrF2N2O. The normalized spacial score (nSPS) is 11.8. The van der Waals surface area contributed by atoms with Crippen LogP contribution in [0.5, 0.6) is 0 Å². The number of nitrogens with zero attached hydrogens (tertiary/aromatic N) is 2. The summed E-state index contributed by atoms with van der Waals surface area (Å²) in [5.41, 5.74) is -0.606. The van der Waals surface area contributed by atoms with Gasteiger partial charge in [0.25, 0.3) is 5.91 Å². The Bertz CT molecular complexity index is 490. The van der Waals surface area contributed by atoms with Crippen LogP contribution in [0.4, 0.5) is 8.78 Å². The van der Waals surface area contributed by atoms with Crippen LogP contribution in [0.25, 0.3) is 0 Å². The Morgan fingerprint density at radius 1 is 1.50 bits per heavy atom. The number of carbonyl (C=O) groups is 1. The first kappa shape index (κ1) is 14.6. The third kappa shape index (κ3) is 3.26. The molecule has 0 saturated heterocycles. The predicted octanol–water partition coefficient (Wildman–Crippen LogP) is 2.96. The van der Waals surface area contributed by atoms with Gasteiger partial charge in [0.15, 0.2) is 0 Å². The van der Waals surface area contributed by atoms with Crippen LogP contribution in [0, 0.1) is 28.9 Å². The predicted molar refractivity (Wildman–Crippen MR) is 65.8 cm³/mol. The number of nitriles is 1. The van der Waals surface area contributed by atoms with Gasteiger partial charge in [-0.1, -0.05) is 15.9 Å². The monoisotopic (exact) mass is 316 g/mol. The third-order valence-electron chi connectivity index (χ3n) is 2.34. The summed E-state index contributed by atoms with van der Waals surface area (Å²) in [7, 11) is 1.40. The Labute approximate surface area is 112 Å². The van der Waals surface area contributed by atoms with Crippen LogP contribution in [0.1, 0.15) is 17.3 Å². The SMILES string of the molecule is CC(C#N)CN(C)C(=O)c1c(F)cc(Br)cc1F. The fraction of sp³-hybridized carbons (Fsp3) is 0.333. The maximum absolute atomic E-state index is 13.6. The van der Waals surface area contributed by atoms with E-state index >= 15 is 0 Å². The van der Waals surface area contributed by atoms with Crippen molar-refractivity contribution < 1.29 is 13.6 Å². The molecule has 0 aliphatic carbocycles. The molecule has 0 N–H and O–H groups in total. The van der Waals surface area contributed by atoms with Crippen LogP contribution < -0.4 is 0 Å². The van der Waals surface area contributed by atoms with Gasteiger partial charge in [0.05, 0.1) is 12.0 Å². The van der Waals surface area contributed by atoms with Gasteiger partial charge in [-0.3, -0.25) is 4.79 Å². The van der Waals surface area contributed by atoms with Crippen molar-refractivity contribution in [1.29, 1.82) is 5.26 Å². The quantitative estimate of drug-likeness (QED) is 0.860. The molecule has 18 heavy (non-hydrogen) atoms. The van der Waals surface area contributed by atoms with E-state index in [9.17, 15) is 13.6 Å². The molecule has 0 radical (unpaired) electrons. The van der Waals surface area contributed by atoms with E-state index < -0.39 is 29.0 Å². The Morgan fingerprint density at radius 3 is 2.44 bits per heavy atom. The molecule has 0 aliphatic heterocycles. The molecule has 0 heterocycles. The van der Waals surface area contributed by atoms with Gasteiger partial charge in [0.2, 0.25) is 0 Å². The van der Waals surface area contributed by atoms with Crippen molar-refractivity contribution in [2.75, 3.05) is 13.6 Å². The minimum absolute atomic E-state index is 0.115. The van der Waals surface area contributed by atoms with Gasteiger partial charge in [-0.15, -0.1) is 0 Å². The lowest BCUT2D eigenvalue weighted by molar-refractivity contribution is 0.0775. The third-order valence-corrected chi connectivity index (χ3v) is 2.79. The molecule has 0 bridgehead atoms. The van der Waals surface area contributed by atoms with Crippen LogP contribution in [-0.4, -0.2) is 24.4 Å². The maximum Gasteiger partial charge on any atom is 0.259 e. The number of hydrogen-bond acceptors (Lipinski definition) is 2. The summed E-state index contributed by atoms with van der Waals surface area (Å²) in [5, 5.41) is 8.64. The molecular weight excluding hydrogens is 306 g/mol. The molecule has 96 valence electrons. The van der Waals surface area contributed by atoms with Crippen molar-refractivity contribution in [2.24, 2.45) is 5.92 Å². The van der Waals surface area contributed by atoms with Crippen LogP contribution in [0.3, 0.4) is 0 Å². The summed E-state index contributed by atoms with van der Waals surface area (Å²) in [5.74, 6) is -3.04. The molecule has 0 spiro atoms. The van der Waals surface area contributed by atoms with Gasteiger partial charge in [-0.25, -0.2) is 8.78 Å². The average Bonchev–Trinajstić information content (AvgIpc) is 2.27. The Balaban J connectivity index is 3.01. The average molecular weight is 317 g/mol. The van der Waals surface area contributed by atoms with Crippen LogP contribution in [-0.2, 0) is 0 Å². The summed E-state index contributed by atoms with van der Waals surface area (Å²) in [6, 6.07) is 4.00. The number of amides is 1. The second-order valence-electron chi connectivity index (χ2n) is 3.96. The molecule has 0 saturated carbocycles. The van der Waals surface area contributed by atoms with E-state index in [0.717, 1.165) is 17.0 Å². The van der Waals surface area contributed by atoms with E-state index in [1.807, 2.05) is 6.07 Å². The zero-order valence-electron chi connectivity index (χ0n) is 9.88. The zero-order valence-corrected chi connectivity index (χ0v) is 11.5. The molecule has 1 rings (SSSR count). The van der Waals surface area contributed by atoms with Gasteiger partial charge < -0.3 is 4.90 Å². The van der Waals surface area contributed by atoms with E-state index in [2.05, 4.69) is 15.9 Å². The number of halogens is 3. The molecule has 1 aromatic rings. The lowest BCUT2D eigenvalue weighted by Crippen LogP contribution is -2.32. The minimum atomic E-state index is -0.927. The summed E-state index contributed by atoms with van der Waals surface area (Å²) < 4.78 is 27.3. The van der Waals surface area contributed by atoms with Crippen molar-refractivity contribution in [3.8, 4) is 6.07 Å². The highest BCUT2D eigenvalue weighted by molar-refractivity contribution is 9.10. The standard InChI is InChI=1S/C12H11BrF2N2O/c1-7(5-16)6-17(2)12(18)11-9(14)3-8(13)4-10(11)15/h3-4,7H,6H2,1-2H3. The summed E-state index contributed by atoms with van der Waals surface area (Å²) in [6.07, 6.45) is 0. The molecule has 1 atom stereocenters. The van der Waals surface area contributed by atoms with E-state index in [-0.39, 0.29) is 11.0 Å². The fourth-order valence-electron chi connectivity index (χ4n) is 1.47. The number of carbonyl (C=O) groups excluding carboxylic acids is 1. The summed E-state index contributed by atoms with van der Waals surface area (Å²) in [4.78, 5) is 13.0. The number of hydrogen-bond donors (Lipinski definition) is 0. The van der Waals surface area contributed by atoms with Gasteiger partial charge in [-0.2, -0.15) is 5.26 Å². The lowest BCUT2D eigenvalue weighted by atomic mass is 10.1. The molecule has 1 aromatic carbocycles. The van der Waals surface area contributed by atoms with E-state index in [1.165, 1.54) is 7.05 Å². The first-order valence-electron chi connectivity index (χ1n) is 5.16.